The first-order chi connectivity index (χ1) is 18.0. The Morgan fingerprint density at radius 1 is 1.11 bits per heavy atom. The van der Waals surface area contributed by atoms with Crippen LogP contribution in [0.4, 0.5) is 31.8 Å². The lowest BCUT2D eigenvalue weighted by Crippen LogP contribution is -2.07. The highest BCUT2D eigenvalue weighted by molar-refractivity contribution is 14.2. The van der Waals surface area contributed by atoms with Crippen LogP contribution in [-0.2, 0) is 4.74 Å². The van der Waals surface area contributed by atoms with Gasteiger partial charge in [-0.3, -0.25) is 4.34 Å². The number of methoxy groups -OCH3 is 1. The summed E-state index contributed by atoms with van der Waals surface area (Å²) in [7, 11) is 1.56. The van der Waals surface area contributed by atoms with Crippen LogP contribution in [0.5, 0.6) is 5.75 Å². The number of benzene rings is 1. The number of nitrogens with one attached hydrogen (secondary N) is 2. The molecule has 0 aliphatic rings. The smallest absolute Gasteiger partial charge is 0.295 e. The van der Waals surface area contributed by atoms with Crippen molar-refractivity contribution in [1.29, 1.82) is 5.26 Å². The molecule has 0 saturated carbocycles. The van der Waals surface area contributed by atoms with E-state index in [-0.39, 0.29) is 24.5 Å². The van der Waals surface area contributed by atoms with E-state index in [9.17, 15) is 14.0 Å². The highest BCUT2D eigenvalue weighted by Crippen LogP contribution is 2.39. The predicted octanol–water partition coefficient (Wildman–Crippen LogP) is 6.66. The van der Waals surface area contributed by atoms with E-state index >= 15 is 0 Å². The highest BCUT2D eigenvalue weighted by Gasteiger charge is 2.23. The predicted molar refractivity (Wildman–Crippen MR) is 151 cm³/mol. The van der Waals surface area contributed by atoms with Crippen molar-refractivity contribution in [2.75, 3.05) is 37.2 Å². The summed E-state index contributed by atoms with van der Waals surface area (Å²) in [5, 5.41) is 15.9. The number of hydrogen-bond donors (Lipinski definition) is 2. The molecule has 0 bridgehead atoms. The van der Waals surface area contributed by atoms with E-state index < -0.39 is 6.43 Å². The van der Waals surface area contributed by atoms with Crippen LogP contribution < -0.4 is 15.4 Å². The number of aromatic nitrogens is 4. The number of fused-ring (bicyclic) bond motifs is 1. The second-order valence-corrected chi connectivity index (χ2v) is 10.3. The number of nitrogens with zero attached hydrogens (tertiary/aromatic N) is 5. The van der Waals surface area contributed by atoms with Gasteiger partial charge >= 0.3 is 0 Å². The van der Waals surface area contributed by atoms with Gasteiger partial charge in [0.1, 0.15) is 29.8 Å². The lowest BCUT2D eigenvalue weighted by Gasteiger charge is -2.14. The Bertz CT molecular complexity index is 1450. The molecule has 1 unspecified atom stereocenters. The Morgan fingerprint density at radius 3 is 2.62 bits per heavy atom. The molecule has 1 aromatic carbocycles. The number of anilines is 4. The molecule has 4 aromatic rings. The van der Waals surface area contributed by atoms with Crippen LogP contribution >= 0.6 is 40.2 Å². The third kappa shape index (κ3) is 6.20. The molecule has 3 aromatic heterocycles. The van der Waals surface area contributed by atoms with E-state index in [2.05, 4.69) is 25.6 Å². The van der Waals surface area contributed by atoms with Crippen molar-refractivity contribution in [3.63, 3.8) is 0 Å². The Kier molecular flexibility index (Phi) is 9.31. The fraction of sp³-hybridized carbons (Fsp3) is 0.217. The number of pyridine rings is 2. The van der Waals surface area contributed by atoms with Gasteiger partial charge in [-0.2, -0.15) is 5.26 Å². The first-order valence-corrected chi connectivity index (χ1v) is 16.1. The van der Waals surface area contributed by atoms with E-state index in [1.54, 1.807) is 37.1 Å². The minimum atomic E-state index is -2.76. The van der Waals surface area contributed by atoms with Gasteiger partial charge in [0.15, 0.2) is 22.9 Å². The molecule has 0 radical (unpaired) electrons. The van der Waals surface area contributed by atoms with Gasteiger partial charge in [-0.1, -0.05) is 12.1 Å². The second-order valence-electron chi connectivity index (χ2n) is 7.36. The number of rotatable bonds is 11. The van der Waals surface area contributed by atoms with Crippen LogP contribution in [-0.4, -0.2) is 45.9 Å². The number of thioether (sulfide) groups is 1. The van der Waals surface area contributed by atoms with Gasteiger partial charge in [0.05, 0.1) is 24.4 Å². The molecular formula is C23H21F2IN7O2PS. The Balaban J connectivity index is 1.77. The molecule has 0 spiro atoms. The Labute approximate surface area is 230 Å². The molecule has 0 aliphatic carbocycles. The monoisotopic (exact) mass is 655 g/mol. The first-order valence-electron chi connectivity index (χ1n) is 10.8. The van der Waals surface area contributed by atoms with Crippen molar-refractivity contribution in [2.24, 2.45) is 0 Å². The number of para-hydroxylation sites is 1. The fourth-order valence-electron chi connectivity index (χ4n) is 3.42. The van der Waals surface area contributed by atoms with Crippen LogP contribution in [0.25, 0.3) is 11.2 Å². The van der Waals surface area contributed by atoms with Crippen LogP contribution in [0.1, 0.15) is 17.9 Å². The molecule has 0 saturated heterocycles. The summed E-state index contributed by atoms with van der Waals surface area (Å²) >= 11 is 3.58. The minimum Gasteiger partial charge on any atom is -0.488 e. The molecular weight excluding hydrogens is 634 g/mol. The van der Waals surface area contributed by atoms with Gasteiger partial charge in [-0.05, 0) is 52.6 Å². The summed E-state index contributed by atoms with van der Waals surface area (Å²) in [5.41, 5.74) is 2.03. The van der Waals surface area contributed by atoms with Gasteiger partial charge in [0, 0.05) is 18.1 Å². The first kappa shape index (κ1) is 27.3. The second kappa shape index (κ2) is 12.6. The van der Waals surface area contributed by atoms with Crippen molar-refractivity contribution < 1.29 is 18.3 Å². The summed E-state index contributed by atoms with van der Waals surface area (Å²) in [4.78, 5) is 14.1. The van der Waals surface area contributed by atoms with Crippen molar-refractivity contribution in [3.05, 3.63) is 54.0 Å². The molecule has 14 heteroatoms. The van der Waals surface area contributed by atoms with Gasteiger partial charge in [0.2, 0.25) is 0 Å². The summed E-state index contributed by atoms with van der Waals surface area (Å²) in [5.74, 6) is 0.666. The maximum Gasteiger partial charge on any atom is 0.295 e. The number of nitriles is 1. The molecule has 0 amide bonds. The van der Waals surface area contributed by atoms with Crippen LogP contribution in [0, 0.1) is 11.3 Å². The largest absolute Gasteiger partial charge is 0.488 e. The zero-order valence-electron chi connectivity index (χ0n) is 19.6. The summed E-state index contributed by atoms with van der Waals surface area (Å²) in [6.07, 6.45) is -0.845. The quantitative estimate of drug-likeness (QED) is 0.0794. The number of alkyl halides is 2. The third-order valence-corrected chi connectivity index (χ3v) is 7.92. The van der Waals surface area contributed by atoms with E-state index in [4.69, 9.17) is 9.47 Å². The molecule has 2 N–H and O–H groups in total. The molecule has 9 nitrogen and oxygen atoms in total. The maximum absolute atomic E-state index is 13.8. The number of halogens is 3. The Morgan fingerprint density at radius 2 is 1.92 bits per heavy atom. The van der Waals surface area contributed by atoms with Crippen molar-refractivity contribution in [3.8, 4) is 11.8 Å². The van der Waals surface area contributed by atoms with Gasteiger partial charge in [-0.25, -0.2) is 23.7 Å². The standard InChI is InChI=1S/C23H21F2IN7O2PS/c1-34-9-10-35-16-7-8-18(29-15(16)12-27)30-19-11-14(28-13-5-3-4-6-17(13)37-2)20-22(31-19)33(36-26)23(32-20)21(24)25/h3-8,11,21,36H,9-10H2,1-2H3,(H2,28,29,30,31). The van der Waals surface area contributed by atoms with Gasteiger partial charge in [-0.15, -0.1) is 11.8 Å². The van der Waals surface area contributed by atoms with Crippen molar-refractivity contribution in [1.82, 2.24) is 19.3 Å². The van der Waals surface area contributed by atoms with Gasteiger partial charge < -0.3 is 20.1 Å². The topological polar surface area (TPSA) is 110 Å². The Hall–Kier alpha value is -2.79. The summed E-state index contributed by atoms with van der Waals surface area (Å²) in [6.45, 7) is 0.647. The molecule has 3 heterocycles. The SMILES string of the molecule is COCCOc1ccc(Nc2cc(Nc3ccccc3SC)c3nc(C(F)F)n(PI)c3n2)nc1C#N. The summed E-state index contributed by atoms with van der Waals surface area (Å²) in [6, 6.07) is 14.6. The van der Waals surface area contributed by atoms with Crippen LogP contribution in [0.3, 0.4) is 0 Å². The van der Waals surface area contributed by atoms with Crippen LogP contribution in [0.15, 0.2) is 47.4 Å². The lowest BCUT2D eigenvalue weighted by molar-refractivity contribution is 0.140. The average molecular weight is 655 g/mol. The molecule has 37 heavy (non-hydrogen) atoms. The molecule has 0 fully saturated rings. The molecule has 1 atom stereocenters. The third-order valence-electron chi connectivity index (χ3n) is 5.06. The number of ether oxygens (including phenoxy) is 2. The minimum absolute atomic E-state index is 0.0416. The zero-order valence-corrected chi connectivity index (χ0v) is 23.6. The van der Waals surface area contributed by atoms with Crippen molar-refractivity contribution >= 4 is 74.4 Å². The van der Waals surface area contributed by atoms with E-state index in [0.29, 0.717) is 40.8 Å². The maximum atomic E-state index is 13.8. The molecule has 192 valence electrons. The lowest BCUT2D eigenvalue weighted by atomic mass is 10.2. The normalized spacial score (nSPS) is 11.4. The van der Waals surface area contributed by atoms with E-state index in [1.807, 2.05) is 58.6 Å². The van der Waals surface area contributed by atoms with Gasteiger partial charge in [0.25, 0.3) is 6.43 Å². The highest BCUT2D eigenvalue weighted by atomic mass is 127. The fourth-order valence-corrected chi connectivity index (χ4v) is 5.88. The number of hydrogen-bond acceptors (Lipinski definition) is 9. The molecule has 4 rings (SSSR count). The summed E-state index contributed by atoms with van der Waals surface area (Å²) < 4.78 is 39.5. The number of imidazole rings is 1. The zero-order chi connectivity index (χ0) is 26.4. The molecule has 0 aliphatic heterocycles. The average Bonchev–Trinajstić information content (AvgIpc) is 3.29. The van der Waals surface area contributed by atoms with Crippen LogP contribution in [0.2, 0.25) is 0 Å². The van der Waals surface area contributed by atoms with E-state index in [1.165, 1.54) is 4.34 Å². The van der Waals surface area contributed by atoms with Crippen molar-refractivity contribution in [2.45, 2.75) is 11.3 Å². The van der Waals surface area contributed by atoms with E-state index in [0.717, 1.165) is 10.6 Å².